The first-order valence-electron chi connectivity index (χ1n) is 9.25. The summed E-state index contributed by atoms with van der Waals surface area (Å²) in [6.45, 7) is 1.40. The Hall–Kier alpha value is -3.14. The zero-order valence-corrected chi connectivity index (χ0v) is 15.6. The third-order valence-corrected chi connectivity index (χ3v) is 4.43. The molecule has 0 aliphatic rings. The highest BCUT2D eigenvalue weighted by Crippen LogP contribution is 2.14. The Bertz CT molecular complexity index is 850. The molecule has 1 heterocycles. The van der Waals surface area contributed by atoms with Crippen molar-refractivity contribution in [2.75, 3.05) is 18.5 Å². The molecule has 4 heteroatoms. The Kier molecular flexibility index (Phi) is 6.58. The van der Waals surface area contributed by atoms with Gasteiger partial charge in [0.1, 0.15) is 5.82 Å². The topological polar surface area (TPSA) is 45.2 Å². The van der Waals surface area contributed by atoms with Gasteiger partial charge in [-0.25, -0.2) is 4.98 Å². The molecule has 0 aliphatic carbocycles. The van der Waals surface area contributed by atoms with E-state index in [0.717, 1.165) is 25.2 Å². The van der Waals surface area contributed by atoms with Crippen LogP contribution in [0.2, 0.25) is 0 Å². The molecule has 0 aliphatic heterocycles. The zero-order chi connectivity index (χ0) is 18.9. The van der Waals surface area contributed by atoms with Gasteiger partial charge in [0.25, 0.3) is 5.91 Å². The van der Waals surface area contributed by atoms with Crippen LogP contribution in [0.25, 0.3) is 0 Å². The molecule has 0 bridgehead atoms. The quantitative estimate of drug-likeness (QED) is 0.617. The Morgan fingerprint density at radius 3 is 2.33 bits per heavy atom. The number of hydrogen-bond donors (Lipinski definition) is 1. The van der Waals surface area contributed by atoms with Gasteiger partial charge in [0.15, 0.2) is 0 Å². The summed E-state index contributed by atoms with van der Waals surface area (Å²) in [7, 11) is 1.98. The number of pyridine rings is 1. The minimum Gasteiger partial charge on any atom is -0.355 e. The first-order chi connectivity index (χ1) is 13.2. The third kappa shape index (κ3) is 5.68. The number of carbonyl (C=O) groups is 1. The molecular weight excluding hydrogens is 334 g/mol. The molecule has 0 fully saturated rings. The van der Waals surface area contributed by atoms with Gasteiger partial charge in [0.05, 0.1) is 0 Å². The fraction of sp³-hybridized carbons (Fsp3) is 0.217. The van der Waals surface area contributed by atoms with Gasteiger partial charge in [-0.1, -0.05) is 60.7 Å². The number of nitrogens with one attached hydrogen (secondary N) is 1. The number of rotatable bonds is 8. The summed E-state index contributed by atoms with van der Waals surface area (Å²) in [6.07, 6.45) is 3.57. The zero-order valence-electron chi connectivity index (χ0n) is 15.6. The van der Waals surface area contributed by atoms with E-state index in [1.54, 1.807) is 12.3 Å². The molecule has 0 saturated carbocycles. The molecule has 1 N–H and O–H groups in total. The summed E-state index contributed by atoms with van der Waals surface area (Å²) >= 11 is 0. The van der Waals surface area contributed by atoms with E-state index in [2.05, 4.69) is 34.6 Å². The van der Waals surface area contributed by atoms with Gasteiger partial charge in [-0.05, 0) is 36.1 Å². The van der Waals surface area contributed by atoms with Crippen LogP contribution in [0.4, 0.5) is 5.82 Å². The van der Waals surface area contributed by atoms with Gasteiger partial charge in [-0.2, -0.15) is 0 Å². The van der Waals surface area contributed by atoms with Crippen LogP contribution in [0.5, 0.6) is 0 Å². The first-order valence-corrected chi connectivity index (χ1v) is 9.25. The molecule has 3 aromatic rings. The number of benzene rings is 2. The fourth-order valence-corrected chi connectivity index (χ4v) is 2.95. The normalized spacial score (nSPS) is 10.4. The molecule has 0 radical (unpaired) electrons. The molecule has 138 valence electrons. The molecule has 3 rings (SSSR count). The predicted octanol–water partition coefficient (Wildman–Crippen LogP) is 4.08. The van der Waals surface area contributed by atoms with Gasteiger partial charge >= 0.3 is 0 Å². The maximum Gasteiger partial charge on any atom is 0.251 e. The van der Waals surface area contributed by atoms with Crippen molar-refractivity contribution in [2.24, 2.45) is 0 Å². The number of aryl methyl sites for hydroxylation is 1. The molecule has 2 aromatic carbocycles. The van der Waals surface area contributed by atoms with E-state index in [1.807, 2.05) is 54.4 Å². The van der Waals surface area contributed by atoms with Crippen molar-refractivity contribution in [1.82, 2.24) is 10.3 Å². The summed E-state index contributed by atoms with van der Waals surface area (Å²) in [5.41, 5.74) is 3.14. The largest absolute Gasteiger partial charge is 0.355 e. The number of amides is 1. The van der Waals surface area contributed by atoms with Crippen molar-refractivity contribution < 1.29 is 4.79 Å². The van der Waals surface area contributed by atoms with Gasteiger partial charge in [-0.3, -0.25) is 4.79 Å². The van der Waals surface area contributed by atoms with Gasteiger partial charge < -0.3 is 10.2 Å². The highest BCUT2D eigenvalue weighted by Gasteiger charge is 2.09. The van der Waals surface area contributed by atoms with Crippen LogP contribution >= 0.6 is 0 Å². The summed E-state index contributed by atoms with van der Waals surface area (Å²) in [4.78, 5) is 18.9. The van der Waals surface area contributed by atoms with E-state index in [1.165, 1.54) is 11.1 Å². The lowest BCUT2D eigenvalue weighted by atomic mass is 10.1. The first kappa shape index (κ1) is 18.6. The van der Waals surface area contributed by atoms with Crippen molar-refractivity contribution in [2.45, 2.75) is 19.4 Å². The van der Waals surface area contributed by atoms with E-state index in [9.17, 15) is 4.79 Å². The molecule has 0 saturated heterocycles. The van der Waals surface area contributed by atoms with E-state index >= 15 is 0 Å². The molecule has 1 aromatic heterocycles. The Morgan fingerprint density at radius 1 is 0.963 bits per heavy atom. The third-order valence-electron chi connectivity index (χ3n) is 4.43. The average molecular weight is 359 g/mol. The van der Waals surface area contributed by atoms with Crippen molar-refractivity contribution in [3.05, 3.63) is 95.7 Å². The van der Waals surface area contributed by atoms with Crippen molar-refractivity contribution in [1.29, 1.82) is 0 Å². The molecule has 4 nitrogen and oxygen atoms in total. The van der Waals surface area contributed by atoms with Crippen LogP contribution in [-0.4, -0.2) is 24.5 Å². The highest BCUT2D eigenvalue weighted by atomic mass is 16.1. The molecule has 27 heavy (non-hydrogen) atoms. The summed E-state index contributed by atoms with van der Waals surface area (Å²) in [5.74, 6) is 0.732. The number of nitrogens with zero attached hydrogens (tertiary/aromatic N) is 2. The lowest BCUT2D eigenvalue weighted by molar-refractivity contribution is 0.0953. The second-order valence-corrected chi connectivity index (χ2v) is 6.59. The van der Waals surface area contributed by atoms with Crippen molar-refractivity contribution >= 4 is 11.7 Å². The Balaban J connectivity index is 1.52. The maximum absolute atomic E-state index is 12.4. The standard InChI is InChI=1S/C23H25N3O/c1-26(18-20-11-6-3-7-12-20)22-17-21(14-16-24-22)23(27)25-15-8-13-19-9-4-2-5-10-19/h2-7,9-12,14,16-17H,8,13,15,18H2,1H3,(H,25,27). The maximum atomic E-state index is 12.4. The molecule has 0 atom stereocenters. The minimum absolute atomic E-state index is 0.0557. The van der Waals surface area contributed by atoms with Crippen LogP contribution in [0.15, 0.2) is 79.0 Å². The minimum atomic E-state index is -0.0557. The Labute approximate surface area is 160 Å². The van der Waals surface area contributed by atoms with Crippen LogP contribution < -0.4 is 10.2 Å². The molecular formula is C23H25N3O. The van der Waals surface area contributed by atoms with Crippen molar-refractivity contribution in [3.8, 4) is 0 Å². The van der Waals surface area contributed by atoms with E-state index in [-0.39, 0.29) is 5.91 Å². The lowest BCUT2D eigenvalue weighted by Gasteiger charge is -2.18. The van der Waals surface area contributed by atoms with Crippen LogP contribution in [-0.2, 0) is 13.0 Å². The van der Waals surface area contributed by atoms with Crippen LogP contribution in [0, 0.1) is 0 Å². The fourth-order valence-electron chi connectivity index (χ4n) is 2.95. The molecule has 0 spiro atoms. The Morgan fingerprint density at radius 2 is 1.63 bits per heavy atom. The number of carbonyl (C=O) groups excluding carboxylic acids is 1. The number of aromatic nitrogens is 1. The summed E-state index contributed by atoms with van der Waals surface area (Å²) in [6, 6.07) is 24.1. The van der Waals surface area contributed by atoms with E-state index in [4.69, 9.17) is 0 Å². The van der Waals surface area contributed by atoms with Crippen LogP contribution in [0.1, 0.15) is 27.9 Å². The van der Waals surface area contributed by atoms with Gasteiger partial charge in [0, 0.05) is 31.9 Å². The molecule has 0 unspecified atom stereocenters. The smallest absolute Gasteiger partial charge is 0.251 e. The molecule has 1 amide bonds. The van der Waals surface area contributed by atoms with Crippen LogP contribution in [0.3, 0.4) is 0 Å². The van der Waals surface area contributed by atoms with Crippen molar-refractivity contribution in [3.63, 3.8) is 0 Å². The summed E-state index contributed by atoms with van der Waals surface area (Å²) in [5, 5.41) is 3.00. The van der Waals surface area contributed by atoms with Gasteiger partial charge in [-0.15, -0.1) is 0 Å². The second-order valence-electron chi connectivity index (χ2n) is 6.59. The number of anilines is 1. The van der Waals surface area contributed by atoms with E-state index < -0.39 is 0 Å². The van der Waals surface area contributed by atoms with Gasteiger partial charge in [0.2, 0.25) is 0 Å². The average Bonchev–Trinajstić information content (AvgIpc) is 2.72. The monoisotopic (exact) mass is 359 g/mol. The SMILES string of the molecule is CN(Cc1ccccc1)c1cc(C(=O)NCCCc2ccccc2)ccn1. The summed E-state index contributed by atoms with van der Waals surface area (Å²) < 4.78 is 0. The lowest BCUT2D eigenvalue weighted by Crippen LogP contribution is -2.25. The van der Waals surface area contributed by atoms with E-state index in [0.29, 0.717) is 12.1 Å². The second kappa shape index (κ2) is 9.53. The highest BCUT2D eigenvalue weighted by molar-refractivity contribution is 5.94. The predicted molar refractivity (Wildman–Crippen MR) is 110 cm³/mol. The number of hydrogen-bond acceptors (Lipinski definition) is 3.